The maximum absolute atomic E-state index is 12.6. The van der Waals surface area contributed by atoms with E-state index in [9.17, 15) is 18.4 Å². The lowest BCUT2D eigenvalue weighted by Crippen LogP contribution is -2.33. The van der Waals surface area contributed by atoms with E-state index in [-0.39, 0.29) is 24.0 Å². The number of benzene rings is 2. The summed E-state index contributed by atoms with van der Waals surface area (Å²) in [5.74, 6) is -0.294. The molecule has 27 heavy (non-hydrogen) atoms. The zero-order valence-electron chi connectivity index (χ0n) is 15.2. The normalized spacial score (nSPS) is 11.7. The summed E-state index contributed by atoms with van der Waals surface area (Å²) in [4.78, 5) is 25.6. The zero-order valence-corrected chi connectivity index (χ0v) is 15.2. The van der Waals surface area contributed by atoms with Crippen LogP contribution in [0, 0.1) is 0 Å². The van der Waals surface area contributed by atoms with E-state index in [0.717, 1.165) is 11.1 Å². The lowest BCUT2D eigenvalue weighted by molar-refractivity contribution is -0.131. The van der Waals surface area contributed by atoms with E-state index in [2.05, 4.69) is 10.1 Å². The highest BCUT2D eigenvalue weighted by Crippen LogP contribution is 2.19. The second kappa shape index (κ2) is 9.66. The van der Waals surface area contributed by atoms with Crippen molar-refractivity contribution >= 4 is 11.8 Å². The van der Waals surface area contributed by atoms with E-state index >= 15 is 0 Å². The Balaban J connectivity index is 1.99. The fourth-order valence-electron chi connectivity index (χ4n) is 2.65. The molecule has 0 fully saturated rings. The number of nitrogens with zero attached hydrogens (tertiary/aromatic N) is 1. The minimum Gasteiger partial charge on any atom is -0.435 e. The first kappa shape index (κ1) is 20.4. The van der Waals surface area contributed by atoms with Crippen LogP contribution in [0.1, 0.15) is 30.5 Å². The molecule has 0 aliphatic carbocycles. The van der Waals surface area contributed by atoms with E-state index in [1.807, 2.05) is 30.3 Å². The molecule has 1 unspecified atom stereocenters. The maximum Gasteiger partial charge on any atom is 0.387 e. The maximum atomic E-state index is 12.6. The summed E-state index contributed by atoms with van der Waals surface area (Å²) >= 11 is 0. The number of amides is 2. The molecule has 0 aliphatic rings. The van der Waals surface area contributed by atoms with Gasteiger partial charge in [-0.15, -0.1) is 0 Å². The van der Waals surface area contributed by atoms with Crippen molar-refractivity contribution < 1.29 is 23.1 Å². The SMILES string of the molecule is CC(=O)NC(CC(=O)N(C)Cc1ccc(OC(F)F)cc1)c1ccccc1. The summed E-state index contributed by atoms with van der Waals surface area (Å²) < 4.78 is 28.7. The van der Waals surface area contributed by atoms with E-state index in [4.69, 9.17) is 0 Å². The van der Waals surface area contributed by atoms with Crippen LogP contribution in [0.4, 0.5) is 8.78 Å². The lowest BCUT2D eigenvalue weighted by Gasteiger charge is -2.23. The third-order valence-electron chi connectivity index (χ3n) is 3.95. The number of nitrogens with one attached hydrogen (secondary N) is 1. The standard InChI is InChI=1S/C20H22F2N2O3/c1-14(25)23-18(16-6-4-3-5-7-16)12-19(26)24(2)13-15-8-10-17(11-9-15)27-20(21)22/h3-11,18,20H,12-13H2,1-2H3,(H,23,25). The van der Waals surface area contributed by atoms with Crippen LogP contribution < -0.4 is 10.1 Å². The van der Waals surface area contributed by atoms with Crippen LogP contribution in [0.3, 0.4) is 0 Å². The van der Waals surface area contributed by atoms with Crippen molar-refractivity contribution in [1.29, 1.82) is 0 Å². The van der Waals surface area contributed by atoms with Crippen molar-refractivity contribution in [3.05, 3.63) is 65.7 Å². The minimum atomic E-state index is -2.87. The highest BCUT2D eigenvalue weighted by atomic mass is 19.3. The van der Waals surface area contributed by atoms with E-state index in [1.54, 1.807) is 19.2 Å². The smallest absolute Gasteiger partial charge is 0.387 e. The molecule has 2 amide bonds. The average Bonchev–Trinajstić information content (AvgIpc) is 2.62. The Morgan fingerprint density at radius 1 is 1.07 bits per heavy atom. The number of hydrogen-bond donors (Lipinski definition) is 1. The molecule has 0 heterocycles. The van der Waals surface area contributed by atoms with Crippen molar-refractivity contribution in [3.8, 4) is 5.75 Å². The van der Waals surface area contributed by atoms with Gasteiger partial charge in [0.15, 0.2) is 0 Å². The summed E-state index contributed by atoms with van der Waals surface area (Å²) in [7, 11) is 1.65. The predicted molar refractivity (Wildman–Crippen MR) is 97.2 cm³/mol. The fraction of sp³-hybridized carbons (Fsp3) is 0.300. The molecular formula is C20H22F2N2O3. The van der Waals surface area contributed by atoms with Gasteiger partial charge in [-0.2, -0.15) is 8.78 Å². The molecule has 2 rings (SSSR count). The largest absolute Gasteiger partial charge is 0.435 e. The van der Waals surface area contributed by atoms with Crippen molar-refractivity contribution in [1.82, 2.24) is 10.2 Å². The third-order valence-corrected chi connectivity index (χ3v) is 3.95. The molecule has 1 atom stereocenters. The summed E-state index contributed by atoms with van der Waals surface area (Å²) in [6, 6.07) is 15.0. The van der Waals surface area contributed by atoms with Crippen LogP contribution >= 0.6 is 0 Å². The van der Waals surface area contributed by atoms with Gasteiger partial charge in [0, 0.05) is 20.5 Å². The Kier molecular flexibility index (Phi) is 7.28. The second-order valence-electron chi connectivity index (χ2n) is 6.14. The van der Waals surface area contributed by atoms with E-state index in [1.165, 1.54) is 24.0 Å². The Morgan fingerprint density at radius 3 is 2.26 bits per heavy atom. The molecular weight excluding hydrogens is 354 g/mol. The minimum absolute atomic E-state index is 0.0672. The van der Waals surface area contributed by atoms with Gasteiger partial charge in [0.05, 0.1) is 12.5 Å². The lowest BCUT2D eigenvalue weighted by atomic mass is 10.0. The van der Waals surface area contributed by atoms with Crippen LogP contribution in [0.2, 0.25) is 0 Å². The number of carbonyl (C=O) groups excluding carboxylic acids is 2. The van der Waals surface area contributed by atoms with Crippen LogP contribution in [0.15, 0.2) is 54.6 Å². The molecule has 1 N–H and O–H groups in total. The fourth-order valence-corrected chi connectivity index (χ4v) is 2.65. The van der Waals surface area contributed by atoms with E-state index in [0.29, 0.717) is 6.54 Å². The predicted octanol–water partition coefficient (Wildman–Crippen LogP) is 3.51. The molecule has 0 saturated carbocycles. The van der Waals surface area contributed by atoms with Gasteiger partial charge in [0.1, 0.15) is 5.75 Å². The number of ether oxygens (including phenoxy) is 1. The monoisotopic (exact) mass is 376 g/mol. The first-order valence-corrected chi connectivity index (χ1v) is 8.45. The third kappa shape index (κ3) is 6.69. The van der Waals surface area contributed by atoms with Crippen molar-refractivity contribution in [2.24, 2.45) is 0 Å². The molecule has 5 nitrogen and oxygen atoms in total. The molecule has 0 saturated heterocycles. The molecule has 0 radical (unpaired) electrons. The van der Waals surface area contributed by atoms with Crippen LogP contribution in [-0.2, 0) is 16.1 Å². The Labute approximate surface area is 156 Å². The Bertz CT molecular complexity index is 752. The highest BCUT2D eigenvalue weighted by Gasteiger charge is 2.19. The second-order valence-corrected chi connectivity index (χ2v) is 6.14. The number of rotatable bonds is 8. The van der Waals surface area contributed by atoms with Gasteiger partial charge in [-0.3, -0.25) is 9.59 Å². The topological polar surface area (TPSA) is 58.6 Å². The first-order chi connectivity index (χ1) is 12.8. The van der Waals surface area contributed by atoms with E-state index < -0.39 is 12.7 Å². The average molecular weight is 376 g/mol. The summed E-state index contributed by atoms with van der Waals surface area (Å²) in [6.07, 6.45) is 0.118. The van der Waals surface area contributed by atoms with Gasteiger partial charge in [-0.05, 0) is 23.3 Å². The van der Waals surface area contributed by atoms with Gasteiger partial charge in [-0.25, -0.2) is 0 Å². The quantitative estimate of drug-likeness (QED) is 0.767. The number of alkyl halides is 2. The molecule has 0 aliphatic heterocycles. The molecule has 7 heteroatoms. The van der Waals surface area contributed by atoms with Crippen molar-refractivity contribution in [2.75, 3.05) is 7.05 Å². The number of halogens is 2. The van der Waals surface area contributed by atoms with Crippen molar-refractivity contribution in [3.63, 3.8) is 0 Å². The molecule has 2 aromatic carbocycles. The number of hydrogen-bond acceptors (Lipinski definition) is 3. The zero-order chi connectivity index (χ0) is 19.8. The molecule has 144 valence electrons. The Morgan fingerprint density at radius 2 is 1.70 bits per heavy atom. The Hall–Kier alpha value is -2.96. The van der Waals surface area contributed by atoms with Gasteiger partial charge in [0.25, 0.3) is 0 Å². The highest BCUT2D eigenvalue weighted by molar-refractivity contribution is 5.79. The molecule has 2 aromatic rings. The molecule has 0 aromatic heterocycles. The summed E-state index contributed by atoms with van der Waals surface area (Å²) in [6.45, 7) is -1.15. The van der Waals surface area contributed by atoms with Crippen molar-refractivity contribution in [2.45, 2.75) is 32.5 Å². The molecule has 0 bridgehead atoms. The van der Waals surface area contributed by atoms with Gasteiger partial charge >= 0.3 is 6.61 Å². The molecule has 0 spiro atoms. The summed E-state index contributed by atoms with van der Waals surface area (Å²) in [5.41, 5.74) is 1.63. The van der Waals surface area contributed by atoms with Crippen LogP contribution in [0.25, 0.3) is 0 Å². The van der Waals surface area contributed by atoms with Gasteiger partial charge in [0.2, 0.25) is 11.8 Å². The van der Waals surface area contributed by atoms with Gasteiger partial charge < -0.3 is 15.0 Å². The number of carbonyl (C=O) groups is 2. The summed E-state index contributed by atoms with van der Waals surface area (Å²) in [5, 5.41) is 2.80. The van der Waals surface area contributed by atoms with Gasteiger partial charge in [-0.1, -0.05) is 42.5 Å². The van der Waals surface area contributed by atoms with Crippen LogP contribution in [0.5, 0.6) is 5.75 Å². The first-order valence-electron chi connectivity index (χ1n) is 8.45. The van der Waals surface area contributed by atoms with Crippen LogP contribution in [-0.4, -0.2) is 30.4 Å².